The van der Waals surface area contributed by atoms with Crippen LogP contribution in [0.3, 0.4) is 0 Å². The molecule has 0 saturated carbocycles. The van der Waals surface area contributed by atoms with Crippen LogP contribution in [0.4, 0.5) is 11.6 Å². The predicted octanol–water partition coefficient (Wildman–Crippen LogP) is 1.19. The minimum absolute atomic E-state index is 0.755. The van der Waals surface area contributed by atoms with Crippen LogP contribution in [0.5, 0.6) is 0 Å². The van der Waals surface area contributed by atoms with E-state index in [-0.39, 0.29) is 0 Å². The second kappa shape index (κ2) is 5.05. The topological polar surface area (TPSA) is 70.0 Å². The maximum Gasteiger partial charge on any atom is 0.203 e. The van der Waals surface area contributed by atoms with Crippen molar-refractivity contribution in [1.82, 2.24) is 15.3 Å². The molecule has 0 fully saturated rings. The molecule has 1 aromatic heterocycles. The van der Waals surface area contributed by atoms with Crippen LogP contribution in [-0.4, -0.2) is 37.2 Å². The van der Waals surface area contributed by atoms with Crippen molar-refractivity contribution in [2.45, 2.75) is 6.42 Å². The Hall–Kier alpha value is -1.75. The normalized spacial score (nSPS) is 10.9. The van der Waals surface area contributed by atoms with Crippen molar-refractivity contribution in [3.05, 3.63) is 18.2 Å². The molecule has 0 amide bonds. The van der Waals surface area contributed by atoms with Crippen LogP contribution in [-0.2, 0) is 0 Å². The summed E-state index contributed by atoms with van der Waals surface area (Å²) < 4.78 is 0. The molecule has 4 N–H and O–H groups in total. The first-order valence-electron chi connectivity index (χ1n) is 5.81. The quantitative estimate of drug-likeness (QED) is 0.536. The van der Waals surface area contributed by atoms with Gasteiger partial charge in [0.2, 0.25) is 5.95 Å². The number of anilines is 2. The van der Waals surface area contributed by atoms with Gasteiger partial charge < -0.3 is 20.9 Å². The largest absolute Gasteiger partial charge is 0.399 e. The Morgan fingerprint density at radius 3 is 3.06 bits per heavy atom. The summed E-state index contributed by atoms with van der Waals surface area (Å²) in [4.78, 5) is 9.92. The van der Waals surface area contributed by atoms with Crippen molar-refractivity contribution >= 4 is 22.7 Å². The molecule has 0 aliphatic carbocycles. The number of aromatic nitrogens is 2. The van der Waals surface area contributed by atoms with Crippen LogP contribution in [0.15, 0.2) is 18.2 Å². The summed E-state index contributed by atoms with van der Waals surface area (Å²) >= 11 is 0. The Morgan fingerprint density at radius 2 is 2.29 bits per heavy atom. The molecule has 0 aliphatic rings. The average Bonchev–Trinajstić information content (AvgIpc) is 2.72. The standard InChI is InChI=1S/C12H19N5/c1-14-6-3-7-17(2)12-15-10-5-4-9(13)8-11(10)16-12/h4-5,8,14H,3,6-7,13H2,1-2H3,(H,15,16). The minimum atomic E-state index is 0.755. The van der Waals surface area contributed by atoms with Crippen molar-refractivity contribution < 1.29 is 0 Å². The van der Waals surface area contributed by atoms with Crippen LogP contribution in [0, 0.1) is 0 Å². The van der Waals surface area contributed by atoms with Gasteiger partial charge in [0.15, 0.2) is 0 Å². The second-order valence-corrected chi connectivity index (χ2v) is 4.22. The summed E-state index contributed by atoms with van der Waals surface area (Å²) in [7, 11) is 4.00. The van der Waals surface area contributed by atoms with Gasteiger partial charge in [-0.3, -0.25) is 0 Å². The van der Waals surface area contributed by atoms with Crippen molar-refractivity contribution in [1.29, 1.82) is 0 Å². The second-order valence-electron chi connectivity index (χ2n) is 4.22. The highest BCUT2D eigenvalue weighted by atomic mass is 15.2. The lowest BCUT2D eigenvalue weighted by Crippen LogP contribution is -2.23. The number of fused-ring (bicyclic) bond motifs is 1. The number of nitrogens with zero attached hydrogens (tertiary/aromatic N) is 2. The van der Waals surface area contributed by atoms with Crippen LogP contribution in [0.2, 0.25) is 0 Å². The zero-order valence-corrected chi connectivity index (χ0v) is 10.3. The first kappa shape index (κ1) is 11.7. The van der Waals surface area contributed by atoms with Crippen LogP contribution >= 0.6 is 0 Å². The van der Waals surface area contributed by atoms with E-state index in [2.05, 4.69) is 20.2 Å². The lowest BCUT2D eigenvalue weighted by Gasteiger charge is -2.15. The van der Waals surface area contributed by atoms with E-state index in [1.165, 1.54) is 0 Å². The van der Waals surface area contributed by atoms with Gasteiger partial charge in [0.05, 0.1) is 11.0 Å². The molecule has 0 radical (unpaired) electrons. The third-order valence-corrected chi connectivity index (χ3v) is 2.78. The van der Waals surface area contributed by atoms with Gasteiger partial charge in [-0.15, -0.1) is 0 Å². The molecular weight excluding hydrogens is 214 g/mol. The maximum atomic E-state index is 5.74. The Labute approximate surface area is 101 Å². The fraction of sp³-hybridized carbons (Fsp3) is 0.417. The van der Waals surface area contributed by atoms with E-state index in [1.807, 2.05) is 32.3 Å². The Morgan fingerprint density at radius 1 is 1.47 bits per heavy atom. The molecule has 5 heteroatoms. The number of imidazole rings is 1. The van der Waals surface area contributed by atoms with Crippen molar-refractivity contribution in [2.24, 2.45) is 0 Å². The molecule has 1 heterocycles. The number of hydrogen-bond acceptors (Lipinski definition) is 4. The molecule has 0 atom stereocenters. The predicted molar refractivity (Wildman–Crippen MR) is 72.3 cm³/mol. The molecular formula is C12H19N5. The first-order valence-corrected chi connectivity index (χ1v) is 5.81. The molecule has 0 unspecified atom stereocenters. The Kier molecular flexibility index (Phi) is 3.49. The zero-order valence-electron chi connectivity index (χ0n) is 10.3. The van der Waals surface area contributed by atoms with E-state index in [4.69, 9.17) is 5.73 Å². The van der Waals surface area contributed by atoms with Gasteiger partial charge in [-0.1, -0.05) is 0 Å². The molecule has 0 saturated heterocycles. The van der Waals surface area contributed by atoms with E-state index in [0.29, 0.717) is 0 Å². The third kappa shape index (κ3) is 2.68. The highest BCUT2D eigenvalue weighted by Gasteiger charge is 2.06. The van der Waals surface area contributed by atoms with Gasteiger partial charge in [-0.2, -0.15) is 0 Å². The number of benzene rings is 1. The molecule has 2 rings (SSSR count). The summed E-state index contributed by atoms with van der Waals surface area (Å²) in [6.45, 7) is 1.98. The summed E-state index contributed by atoms with van der Waals surface area (Å²) in [6, 6.07) is 5.72. The Bertz CT molecular complexity index is 491. The first-order chi connectivity index (χ1) is 8.20. The van der Waals surface area contributed by atoms with E-state index in [1.54, 1.807) is 0 Å². The van der Waals surface area contributed by atoms with Crippen LogP contribution in [0.25, 0.3) is 11.0 Å². The monoisotopic (exact) mass is 233 g/mol. The van der Waals surface area contributed by atoms with Crippen molar-refractivity contribution in [3.63, 3.8) is 0 Å². The van der Waals surface area contributed by atoms with Gasteiger partial charge in [0, 0.05) is 19.3 Å². The summed E-state index contributed by atoms with van der Waals surface area (Å²) in [5, 5.41) is 3.13. The molecule has 0 aliphatic heterocycles. The molecule has 92 valence electrons. The molecule has 2 aromatic rings. The molecule has 0 bridgehead atoms. The van der Waals surface area contributed by atoms with Crippen molar-refractivity contribution in [2.75, 3.05) is 37.8 Å². The summed E-state index contributed by atoms with van der Waals surface area (Å²) in [6.07, 6.45) is 1.09. The summed E-state index contributed by atoms with van der Waals surface area (Å²) in [5.41, 5.74) is 8.43. The fourth-order valence-corrected chi connectivity index (χ4v) is 1.79. The maximum absolute atomic E-state index is 5.74. The summed E-state index contributed by atoms with van der Waals surface area (Å²) in [5.74, 6) is 0.890. The van der Waals surface area contributed by atoms with E-state index >= 15 is 0 Å². The number of rotatable bonds is 5. The van der Waals surface area contributed by atoms with E-state index in [9.17, 15) is 0 Å². The smallest absolute Gasteiger partial charge is 0.203 e. The van der Waals surface area contributed by atoms with Crippen molar-refractivity contribution in [3.8, 4) is 0 Å². The van der Waals surface area contributed by atoms with Gasteiger partial charge >= 0.3 is 0 Å². The molecule has 0 spiro atoms. The molecule has 5 nitrogen and oxygen atoms in total. The molecule has 1 aromatic carbocycles. The number of nitrogens with two attached hydrogens (primary N) is 1. The minimum Gasteiger partial charge on any atom is -0.399 e. The van der Waals surface area contributed by atoms with E-state index in [0.717, 1.165) is 42.2 Å². The van der Waals surface area contributed by atoms with Gasteiger partial charge in [0.25, 0.3) is 0 Å². The highest BCUT2D eigenvalue weighted by molar-refractivity contribution is 5.80. The van der Waals surface area contributed by atoms with E-state index < -0.39 is 0 Å². The SMILES string of the molecule is CNCCCN(C)c1nc2ccc(N)cc2[nH]1. The van der Waals surface area contributed by atoms with Gasteiger partial charge in [0.1, 0.15) is 0 Å². The third-order valence-electron chi connectivity index (χ3n) is 2.78. The molecule has 17 heavy (non-hydrogen) atoms. The average molecular weight is 233 g/mol. The number of nitrogen functional groups attached to an aromatic ring is 1. The number of hydrogen-bond donors (Lipinski definition) is 3. The van der Waals surface area contributed by atoms with Gasteiger partial charge in [-0.25, -0.2) is 4.98 Å². The lowest BCUT2D eigenvalue weighted by atomic mass is 10.3. The lowest BCUT2D eigenvalue weighted by molar-refractivity contribution is 0.706. The van der Waals surface area contributed by atoms with Crippen LogP contribution < -0.4 is 16.0 Å². The fourth-order valence-electron chi connectivity index (χ4n) is 1.79. The highest BCUT2D eigenvalue weighted by Crippen LogP contribution is 2.18. The van der Waals surface area contributed by atoms with Crippen LogP contribution in [0.1, 0.15) is 6.42 Å². The number of nitrogens with one attached hydrogen (secondary N) is 2. The Balaban J connectivity index is 2.12. The number of H-pyrrole nitrogens is 1. The van der Waals surface area contributed by atoms with Gasteiger partial charge in [-0.05, 0) is 38.2 Å². The number of aromatic amines is 1. The zero-order chi connectivity index (χ0) is 12.3.